The van der Waals surface area contributed by atoms with E-state index < -0.39 is 46.9 Å². The van der Waals surface area contributed by atoms with E-state index in [0.717, 1.165) is 57.5 Å². The number of aliphatic carboxylic acids is 2. The van der Waals surface area contributed by atoms with Gasteiger partial charge in [0.2, 0.25) is 0 Å². The molecule has 0 aliphatic carbocycles. The fourth-order valence-corrected chi connectivity index (χ4v) is 7.46. The third-order valence-corrected chi connectivity index (χ3v) is 13.8. The Bertz CT molecular complexity index is 1680. The van der Waals surface area contributed by atoms with Crippen LogP contribution >= 0.6 is 189 Å². The smallest absolute Gasteiger partial charge is 0.318 e. The predicted octanol–water partition coefficient (Wildman–Crippen LogP) is 9.26. The SMILES string of the molecule is O=C(O)[C@@H](S)[C@@H](S)C(=O)O.O[C@@H](CS)[C@@H](O)CS.O[C@H](CS)[C@H](O)CS.SCCOCCS.SCc1cccc(CS)c1.SCc1ccccc1CS.Sc1ccc(Sc2ccc(S)cc2)cc1. The van der Waals surface area contributed by atoms with Crippen molar-refractivity contribution in [2.45, 2.75) is 77.5 Å². The van der Waals surface area contributed by atoms with Crippen molar-refractivity contribution in [1.82, 2.24) is 0 Å². The Balaban J connectivity index is -0.000000737. The maximum atomic E-state index is 10.1. The maximum Gasteiger partial charge on any atom is 0.318 e. The van der Waals surface area contributed by atoms with Crippen LogP contribution < -0.4 is 0 Å². The van der Waals surface area contributed by atoms with Crippen molar-refractivity contribution in [3.8, 4) is 0 Å². The molecule has 0 aliphatic heterocycles. The summed E-state index contributed by atoms with van der Waals surface area (Å²) < 4.78 is 4.98. The number of thiol groups is 14. The fraction of sp³-hybridized carbons (Fsp3) is 0.409. The molecule has 24 heteroatoms. The lowest BCUT2D eigenvalue weighted by Crippen LogP contribution is -2.31. The monoisotopic (exact) mass is 1220 g/mol. The molecule has 4 aromatic carbocycles. The van der Waals surface area contributed by atoms with Crippen LogP contribution in [0.25, 0.3) is 0 Å². The van der Waals surface area contributed by atoms with Gasteiger partial charge < -0.3 is 35.4 Å². The van der Waals surface area contributed by atoms with E-state index in [1.54, 1.807) is 11.8 Å². The summed E-state index contributed by atoms with van der Waals surface area (Å²) in [6.45, 7) is 1.48. The van der Waals surface area contributed by atoms with E-state index in [2.05, 4.69) is 231 Å². The average Bonchev–Trinajstić information content (AvgIpc) is 3.37. The summed E-state index contributed by atoms with van der Waals surface area (Å²) in [6.07, 6.45) is -2.96. The van der Waals surface area contributed by atoms with Gasteiger partial charge in [-0.1, -0.05) is 60.3 Å². The molecule has 0 amide bonds. The molecule has 6 N–H and O–H groups in total. The molecule has 4 aromatic rings. The highest BCUT2D eigenvalue weighted by atomic mass is 32.2. The Morgan fingerprint density at radius 3 is 1.01 bits per heavy atom. The van der Waals surface area contributed by atoms with Crippen LogP contribution in [0.2, 0.25) is 0 Å². The van der Waals surface area contributed by atoms with Gasteiger partial charge >= 0.3 is 11.9 Å². The van der Waals surface area contributed by atoms with Crippen molar-refractivity contribution < 1.29 is 45.0 Å². The third-order valence-electron chi connectivity index (χ3n) is 7.64. The lowest BCUT2D eigenvalue weighted by Gasteiger charge is -2.11. The predicted molar refractivity (Wildman–Crippen MR) is 334 cm³/mol. The molecule has 6 atom stereocenters. The molecular weight excluding hydrogens is 1150 g/mol. The number of aliphatic hydroxyl groups excluding tert-OH is 4. The summed E-state index contributed by atoms with van der Waals surface area (Å²) in [5, 5.41) is 48.9. The second kappa shape index (κ2) is 48.8. The Kier molecular flexibility index (Phi) is 52.5. The summed E-state index contributed by atoms with van der Waals surface area (Å²) in [6, 6.07) is 32.8. The fourth-order valence-electron chi connectivity index (χ4n) is 3.84. The quantitative estimate of drug-likeness (QED) is 0.0322. The Labute approximate surface area is 484 Å². The zero-order valence-corrected chi connectivity index (χ0v) is 50.1. The van der Waals surface area contributed by atoms with E-state index in [-0.39, 0.29) is 23.0 Å². The van der Waals surface area contributed by atoms with E-state index in [0.29, 0.717) is 0 Å². The van der Waals surface area contributed by atoms with Gasteiger partial charge in [-0.2, -0.15) is 152 Å². The summed E-state index contributed by atoms with van der Waals surface area (Å²) >= 11 is 56.9. The van der Waals surface area contributed by atoms with Crippen molar-refractivity contribution in [1.29, 1.82) is 0 Å². The first-order valence-corrected chi connectivity index (χ1v) is 29.0. The summed E-state index contributed by atoms with van der Waals surface area (Å²) in [7, 11) is 0. The third kappa shape index (κ3) is 39.3. The number of rotatable bonds is 19. The minimum absolute atomic E-state index is 0.279. The van der Waals surface area contributed by atoms with Crippen LogP contribution in [-0.4, -0.2) is 125 Å². The largest absolute Gasteiger partial charge is 0.480 e. The minimum Gasteiger partial charge on any atom is -0.480 e. The van der Waals surface area contributed by atoms with Crippen molar-refractivity contribution in [2.75, 3.05) is 47.7 Å². The van der Waals surface area contributed by atoms with Crippen LogP contribution in [-0.2, 0) is 37.3 Å². The molecule has 0 saturated carbocycles. The van der Waals surface area contributed by atoms with Gasteiger partial charge in [0.1, 0.15) is 10.5 Å². The summed E-state index contributed by atoms with van der Waals surface area (Å²) in [5.41, 5.74) is 5.08. The van der Waals surface area contributed by atoms with Crippen LogP contribution in [0.1, 0.15) is 22.3 Å². The highest BCUT2D eigenvalue weighted by Crippen LogP contribution is 2.28. The molecule has 0 saturated heterocycles. The van der Waals surface area contributed by atoms with E-state index in [9.17, 15) is 9.59 Å². The van der Waals surface area contributed by atoms with E-state index in [4.69, 9.17) is 35.4 Å². The molecule has 0 bridgehead atoms. The molecule has 386 valence electrons. The number of hydrogen-bond donors (Lipinski definition) is 20. The van der Waals surface area contributed by atoms with Crippen molar-refractivity contribution in [2.24, 2.45) is 0 Å². The first-order valence-electron chi connectivity index (χ1n) is 19.9. The molecule has 0 aliphatic rings. The Morgan fingerprint density at radius 2 is 0.779 bits per heavy atom. The Hall–Kier alpha value is 0.870. The van der Waals surface area contributed by atoms with Crippen LogP contribution in [0.15, 0.2) is 117 Å². The van der Waals surface area contributed by atoms with Gasteiger partial charge in [0, 0.05) is 77.1 Å². The number of ether oxygens (including phenoxy) is 1. The van der Waals surface area contributed by atoms with Gasteiger partial charge in [-0.3, -0.25) is 9.59 Å². The second-order valence-corrected chi connectivity index (χ2v) is 19.8. The number of carbonyl (C=O) groups is 2. The van der Waals surface area contributed by atoms with Gasteiger partial charge in [0.25, 0.3) is 0 Å². The molecule has 0 spiro atoms. The lowest BCUT2D eigenvalue weighted by molar-refractivity contribution is -0.142. The minimum atomic E-state index is -1.29. The Morgan fingerprint density at radius 1 is 0.471 bits per heavy atom. The van der Waals surface area contributed by atoms with Gasteiger partial charge in [-0.15, -0.1) is 25.3 Å². The molecule has 68 heavy (non-hydrogen) atoms. The van der Waals surface area contributed by atoms with Gasteiger partial charge in [-0.05, 0) is 70.8 Å². The number of hydrogen-bond acceptors (Lipinski definition) is 22. The second-order valence-electron chi connectivity index (χ2n) is 12.9. The zero-order valence-electron chi connectivity index (χ0n) is 36.8. The molecular formula is C44H66O9S15. The highest BCUT2D eigenvalue weighted by Gasteiger charge is 2.27. The van der Waals surface area contributed by atoms with Gasteiger partial charge in [0.15, 0.2) is 0 Å². The van der Waals surface area contributed by atoms with Crippen molar-refractivity contribution in [3.63, 3.8) is 0 Å². The summed E-state index contributed by atoms with van der Waals surface area (Å²) in [4.78, 5) is 24.5. The maximum absolute atomic E-state index is 10.1. The highest BCUT2D eigenvalue weighted by molar-refractivity contribution is 7.99. The molecule has 0 heterocycles. The molecule has 0 fully saturated rings. The zero-order chi connectivity index (χ0) is 52.5. The number of aliphatic hydroxyl groups is 4. The van der Waals surface area contributed by atoms with E-state index in [1.165, 1.54) is 32.0 Å². The molecule has 4 rings (SSSR count). The first kappa shape index (κ1) is 73.1. The van der Waals surface area contributed by atoms with Gasteiger partial charge in [-0.25, -0.2) is 0 Å². The number of benzene rings is 4. The lowest BCUT2D eigenvalue weighted by atomic mass is 10.1. The normalized spacial score (nSPS) is 12.7. The topological polar surface area (TPSA) is 165 Å². The van der Waals surface area contributed by atoms with Gasteiger partial charge in [0.05, 0.1) is 37.6 Å². The van der Waals surface area contributed by atoms with Crippen LogP contribution in [0.5, 0.6) is 0 Å². The van der Waals surface area contributed by atoms with Crippen molar-refractivity contribution in [3.05, 3.63) is 119 Å². The molecule has 9 nitrogen and oxygen atoms in total. The molecule has 0 aromatic heterocycles. The van der Waals surface area contributed by atoms with Crippen LogP contribution in [0, 0.1) is 0 Å². The van der Waals surface area contributed by atoms with E-state index in [1.807, 2.05) is 42.5 Å². The molecule has 0 unspecified atom stereocenters. The van der Waals surface area contributed by atoms with Crippen LogP contribution in [0.3, 0.4) is 0 Å². The van der Waals surface area contributed by atoms with Crippen LogP contribution in [0.4, 0.5) is 0 Å². The number of carboxylic acid groups (broad SMARTS) is 2. The number of carboxylic acids is 2. The summed E-state index contributed by atoms with van der Waals surface area (Å²) in [5.74, 6) is 3.36. The van der Waals surface area contributed by atoms with E-state index >= 15 is 0 Å². The standard InChI is InChI=1S/C12H10S3.2C8H10S2.C4H6O4S2.2C4H10O2S2.C4H10OS2/c13-9-1-5-11(6-2-9)15-12-7-3-10(14)4-8-12;9-5-7-2-1-3-8(4-7)6-10;9-5-7-3-1-2-4-8(7)6-10;5-3(6)1(9)2(10)4(7)8;2*5-3(1-7)4(6)2-8;6-3-1-5-2-4-7/h1-8,13-14H;2*1-4,9-10H,5-6H2;1-2,9-10H,(H,5,6)(H,7,8);2*3-8H,1-2H2;6-7H,1-4H2/t;;;1-,2+;2*3-,4-;/m....10./s1. The van der Waals surface area contributed by atoms with Crippen molar-refractivity contribution >= 4 is 201 Å². The average molecular weight is 1220 g/mol. The molecule has 0 radical (unpaired) electrons. The first-order chi connectivity index (χ1) is 32.3.